The minimum absolute atomic E-state index is 0.173. The molecule has 0 radical (unpaired) electrons. The quantitative estimate of drug-likeness (QED) is 0.588. The number of hydrogen-bond donors (Lipinski definition) is 0. The summed E-state index contributed by atoms with van der Waals surface area (Å²) in [5.41, 5.74) is 4.05. The maximum atomic E-state index is 12.9. The van der Waals surface area contributed by atoms with Crippen LogP contribution in [0.15, 0.2) is 42.9 Å². The lowest BCUT2D eigenvalue weighted by atomic mass is 9.97. The van der Waals surface area contributed by atoms with E-state index in [9.17, 15) is 4.79 Å². The predicted molar refractivity (Wildman–Crippen MR) is 122 cm³/mol. The maximum Gasteiger partial charge on any atom is 0.225 e. The van der Waals surface area contributed by atoms with Crippen LogP contribution in [0.5, 0.6) is 0 Å². The van der Waals surface area contributed by atoms with Gasteiger partial charge in [0.1, 0.15) is 0 Å². The molecule has 31 heavy (non-hydrogen) atoms. The molecule has 1 atom stereocenters. The lowest BCUT2D eigenvalue weighted by molar-refractivity contribution is -0.130. The van der Waals surface area contributed by atoms with Gasteiger partial charge in [-0.25, -0.2) is 9.97 Å². The normalized spacial score (nSPS) is 16.0. The third-order valence-corrected chi connectivity index (χ3v) is 5.90. The molecule has 8 heteroatoms. The van der Waals surface area contributed by atoms with Crippen LogP contribution >= 0.6 is 11.6 Å². The molecule has 1 aromatic carbocycles. The van der Waals surface area contributed by atoms with Crippen molar-refractivity contribution in [2.45, 2.75) is 25.2 Å². The number of rotatable bonds is 6. The van der Waals surface area contributed by atoms with E-state index in [4.69, 9.17) is 16.6 Å². The summed E-state index contributed by atoms with van der Waals surface area (Å²) in [5, 5.41) is 5.00. The standard InChI is InChI=1S/C23H27ClN6O/c1-28(2)23-25-13-20(18-12-26-29(3)14-18)22(27-23)17-9-10-30(15-17)21(31)8-7-16-5-4-6-19(24)11-16/h4-6,11-14,17H,7-10,15H2,1-3H3. The molecule has 1 aliphatic rings. The summed E-state index contributed by atoms with van der Waals surface area (Å²) in [6, 6.07) is 7.70. The summed E-state index contributed by atoms with van der Waals surface area (Å²) < 4.78 is 1.78. The van der Waals surface area contributed by atoms with Crippen LogP contribution in [0.1, 0.15) is 30.0 Å². The second-order valence-electron chi connectivity index (χ2n) is 8.22. The molecule has 0 saturated carbocycles. The van der Waals surface area contributed by atoms with E-state index >= 15 is 0 Å². The van der Waals surface area contributed by atoms with Crippen molar-refractivity contribution in [2.24, 2.45) is 7.05 Å². The van der Waals surface area contributed by atoms with E-state index in [2.05, 4.69) is 10.1 Å². The Labute approximate surface area is 187 Å². The second kappa shape index (κ2) is 9.06. The van der Waals surface area contributed by atoms with Crippen molar-refractivity contribution in [2.75, 3.05) is 32.1 Å². The third-order valence-electron chi connectivity index (χ3n) is 5.67. The van der Waals surface area contributed by atoms with Crippen LogP contribution < -0.4 is 4.90 Å². The number of aryl methyl sites for hydroxylation is 2. The molecule has 1 fully saturated rings. The Morgan fingerprint density at radius 3 is 2.84 bits per heavy atom. The van der Waals surface area contributed by atoms with Crippen molar-refractivity contribution in [1.82, 2.24) is 24.6 Å². The molecule has 3 heterocycles. The van der Waals surface area contributed by atoms with E-state index in [0.29, 0.717) is 30.4 Å². The third kappa shape index (κ3) is 4.88. The molecule has 2 aromatic heterocycles. The molecule has 0 N–H and O–H groups in total. The van der Waals surface area contributed by atoms with E-state index < -0.39 is 0 Å². The fraction of sp³-hybridized carbons (Fsp3) is 0.391. The highest BCUT2D eigenvalue weighted by Gasteiger charge is 2.30. The van der Waals surface area contributed by atoms with Gasteiger partial charge in [-0.3, -0.25) is 9.48 Å². The van der Waals surface area contributed by atoms with Gasteiger partial charge in [-0.15, -0.1) is 0 Å². The van der Waals surface area contributed by atoms with E-state index in [-0.39, 0.29) is 11.8 Å². The monoisotopic (exact) mass is 438 g/mol. The Morgan fingerprint density at radius 2 is 2.13 bits per heavy atom. The zero-order chi connectivity index (χ0) is 22.0. The Morgan fingerprint density at radius 1 is 1.29 bits per heavy atom. The van der Waals surface area contributed by atoms with Crippen molar-refractivity contribution < 1.29 is 4.79 Å². The highest BCUT2D eigenvalue weighted by atomic mass is 35.5. The van der Waals surface area contributed by atoms with Crippen LogP contribution in [-0.4, -0.2) is 57.7 Å². The SMILES string of the molecule is CN(C)c1ncc(-c2cnn(C)c2)c(C2CCN(C(=O)CCc3cccc(Cl)c3)C2)n1. The summed E-state index contributed by atoms with van der Waals surface area (Å²) >= 11 is 6.06. The minimum Gasteiger partial charge on any atom is -0.347 e. The summed E-state index contributed by atoms with van der Waals surface area (Å²) in [7, 11) is 5.76. The molecule has 1 aliphatic heterocycles. The lowest BCUT2D eigenvalue weighted by Gasteiger charge is -2.19. The smallest absolute Gasteiger partial charge is 0.225 e. The molecule has 7 nitrogen and oxygen atoms in total. The van der Waals surface area contributed by atoms with Gasteiger partial charge in [0.05, 0.1) is 11.9 Å². The molecule has 0 bridgehead atoms. The summed E-state index contributed by atoms with van der Waals surface area (Å²) in [6.45, 7) is 1.42. The number of carbonyl (C=O) groups is 1. The first-order chi connectivity index (χ1) is 14.9. The second-order valence-corrected chi connectivity index (χ2v) is 8.66. The molecule has 162 valence electrons. The molecule has 1 unspecified atom stereocenters. The van der Waals surface area contributed by atoms with Crippen LogP contribution in [0.2, 0.25) is 5.02 Å². The molecule has 1 amide bonds. The van der Waals surface area contributed by atoms with Gasteiger partial charge in [-0.1, -0.05) is 23.7 Å². The number of halogens is 1. The van der Waals surface area contributed by atoms with Gasteiger partial charge in [0.15, 0.2) is 0 Å². The van der Waals surface area contributed by atoms with Crippen LogP contribution in [0.3, 0.4) is 0 Å². The number of carbonyl (C=O) groups excluding carboxylic acids is 1. The number of aromatic nitrogens is 4. The average Bonchev–Trinajstić information content (AvgIpc) is 3.41. The van der Waals surface area contributed by atoms with E-state index in [1.165, 1.54) is 0 Å². The topological polar surface area (TPSA) is 67.2 Å². The average molecular weight is 439 g/mol. The largest absolute Gasteiger partial charge is 0.347 e. The molecule has 1 saturated heterocycles. The molecule has 0 spiro atoms. The van der Waals surface area contributed by atoms with E-state index in [0.717, 1.165) is 35.3 Å². The number of likely N-dealkylation sites (tertiary alicyclic amines) is 1. The van der Waals surface area contributed by atoms with Crippen LogP contribution in [-0.2, 0) is 18.3 Å². The van der Waals surface area contributed by atoms with E-state index in [1.807, 2.05) is 73.8 Å². The van der Waals surface area contributed by atoms with Crippen molar-refractivity contribution in [3.8, 4) is 11.1 Å². The highest BCUT2D eigenvalue weighted by Crippen LogP contribution is 2.34. The minimum atomic E-state index is 0.173. The summed E-state index contributed by atoms with van der Waals surface area (Å²) in [5.74, 6) is 1.02. The first kappa shape index (κ1) is 21.3. The number of benzene rings is 1. The van der Waals surface area contributed by atoms with Gasteiger partial charge in [-0.2, -0.15) is 5.10 Å². The van der Waals surface area contributed by atoms with Crippen LogP contribution in [0.4, 0.5) is 5.95 Å². The van der Waals surface area contributed by atoms with Crippen molar-refractivity contribution in [3.05, 3.63) is 59.1 Å². The Balaban J connectivity index is 1.50. The summed E-state index contributed by atoms with van der Waals surface area (Å²) in [6.07, 6.45) is 7.74. The first-order valence-electron chi connectivity index (χ1n) is 10.5. The molecular weight excluding hydrogens is 412 g/mol. The molecular formula is C23H27ClN6O. The first-order valence-corrected chi connectivity index (χ1v) is 10.8. The predicted octanol–water partition coefficient (Wildman–Crippen LogP) is 3.55. The van der Waals surface area contributed by atoms with Gasteiger partial charge in [0.25, 0.3) is 0 Å². The van der Waals surface area contributed by atoms with E-state index in [1.54, 1.807) is 4.68 Å². The Kier molecular flexibility index (Phi) is 6.23. The highest BCUT2D eigenvalue weighted by molar-refractivity contribution is 6.30. The van der Waals surface area contributed by atoms with Crippen molar-refractivity contribution in [1.29, 1.82) is 0 Å². The zero-order valence-corrected chi connectivity index (χ0v) is 18.9. The van der Waals surface area contributed by atoms with Gasteiger partial charge in [0.2, 0.25) is 11.9 Å². The fourth-order valence-corrected chi connectivity index (χ4v) is 4.22. The van der Waals surface area contributed by atoms with Crippen LogP contribution in [0, 0.1) is 0 Å². The van der Waals surface area contributed by atoms with Crippen molar-refractivity contribution in [3.63, 3.8) is 0 Å². The van der Waals surface area contributed by atoms with Gasteiger partial charge in [0, 0.05) is 75.1 Å². The Hall–Kier alpha value is -2.93. The number of nitrogens with zero attached hydrogens (tertiary/aromatic N) is 6. The molecule has 4 rings (SSSR count). The number of hydrogen-bond acceptors (Lipinski definition) is 5. The lowest BCUT2D eigenvalue weighted by Crippen LogP contribution is -2.28. The Bertz CT molecular complexity index is 1080. The van der Waals surface area contributed by atoms with Crippen molar-refractivity contribution >= 4 is 23.5 Å². The summed E-state index contributed by atoms with van der Waals surface area (Å²) in [4.78, 5) is 26.1. The fourth-order valence-electron chi connectivity index (χ4n) is 4.01. The van der Waals surface area contributed by atoms with Gasteiger partial charge >= 0.3 is 0 Å². The molecule has 3 aromatic rings. The number of amides is 1. The molecule has 0 aliphatic carbocycles. The van der Waals surface area contributed by atoms with Gasteiger partial charge in [-0.05, 0) is 30.5 Å². The zero-order valence-electron chi connectivity index (χ0n) is 18.1. The maximum absolute atomic E-state index is 12.9. The van der Waals surface area contributed by atoms with Crippen LogP contribution in [0.25, 0.3) is 11.1 Å². The van der Waals surface area contributed by atoms with Gasteiger partial charge < -0.3 is 9.80 Å². The number of anilines is 1.